The lowest BCUT2D eigenvalue weighted by atomic mass is 9.77. The molecule has 0 amide bonds. The van der Waals surface area contributed by atoms with Gasteiger partial charge in [0.15, 0.2) is 0 Å². The number of rotatable bonds is 4. The Hall–Kier alpha value is -2.11. The summed E-state index contributed by atoms with van der Waals surface area (Å²) >= 11 is 0. The number of fused-ring (bicyclic) bond motifs is 3. The van der Waals surface area contributed by atoms with Gasteiger partial charge in [0.25, 0.3) is 0 Å². The van der Waals surface area contributed by atoms with E-state index in [-0.39, 0.29) is 18.0 Å². The maximum atomic E-state index is 13.1. The van der Waals surface area contributed by atoms with E-state index < -0.39 is 10.0 Å². The van der Waals surface area contributed by atoms with Crippen molar-refractivity contribution < 1.29 is 8.42 Å². The Bertz CT molecular complexity index is 1070. The molecule has 4 nitrogen and oxygen atoms in total. The van der Waals surface area contributed by atoms with Crippen LogP contribution in [-0.4, -0.2) is 14.5 Å². The number of hydrogen-bond donors (Lipinski definition) is 2. The number of benzene rings is 2. The third-order valence-corrected chi connectivity index (χ3v) is 8.49. The highest BCUT2D eigenvalue weighted by molar-refractivity contribution is 7.89. The van der Waals surface area contributed by atoms with E-state index in [1.165, 1.54) is 17.5 Å². The number of sulfonamides is 1. The molecule has 0 bridgehead atoms. The lowest BCUT2D eigenvalue weighted by Crippen LogP contribution is -2.36. The molecule has 1 saturated carbocycles. The molecule has 5 heteroatoms. The summed E-state index contributed by atoms with van der Waals surface area (Å²) in [6.45, 7) is 2.13. The molecule has 5 rings (SSSR count). The smallest absolute Gasteiger partial charge is 0.240 e. The minimum atomic E-state index is -3.50. The van der Waals surface area contributed by atoms with Gasteiger partial charge in [0.2, 0.25) is 10.0 Å². The summed E-state index contributed by atoms with van der Waals surface area (Å²) in [4.78, 5) is 0.390. The molecule has 0 spiro atoms. The second kappa shape index (κ2) is 7.86. The zero-order valence-electron chi connectivity index (χ0n) is 17.5. The van der Waals surface area contributed by atoms with Gasteiger partial charge >= 0.3 is 0 Å². The summed E-state index contributed by atoms with van der Waals surface area (Å²) < 4.78 is 29.1. The standard InChI is InChI=1S/C25H30N2O2S/c1-17-7-5-8-18(15-17)25-22-12-6-11-21(22)23-16-20(13-14-24(23)26-25)30(28,29)27-19-9-3-2-4-10-19/h5-8,11,13-16,19,21-22,25-27H,2-4,9-10,12H2,1H3. The van der Waals surface area contributed by atoms with Gasteiger partial charge in [-0.1, -0.05) is 61.2 Å². The Morgan fingerprint density at radius 2 is 1.87 bits per heavy atom. The van der Waals surface area contributed by atoms with Crippen molar-refractivity contribution in [3.05, 3.63) is 71.3 Å². The van der Waals surface area contributed by atoms with Crippen LogP contribution >= 0.6 is 0 Å². The highest BCUT2D eigenvalue weighted by Gasteiger charge is 2.38. The van der Waals surface area contributed by atoms with E-state index in [1.807, 2.05) is 12.1 Å². The number of anilines is 1. The summed E-state index contributed by atoms with van der Waals surface area (Å²) in [7, 11) is -3.50. The first kappa shape index (κ1) is 19.8. The van der Waals surface area contributed by atoms with Crippen LogP contribution in [0.4, 0.5) is 5.69 Å². The topological polar surface area (TPSA) is 58.2 Å². The fourth-order valence-corrected chi connectivity index (χ4v) is 6.78. The molecule has 3 unspecified atom stereocenters. The van der Waals surface area contributed by atoms with Crippen LogP contribution in [0.1, 0.15) is 67.2 Å². The molecule has 2 aromatic rings. The van der Waals surface area contributed by atoms with Crippen LogP contribution in [0.2, 0.25) is 0 Å². The van der Waals surface area contributed by atoms with E-state index >= 15 is 0 Å². The van der Waals surface area contributed by atoms with E-state index in [0.29, 0.717) is 10.8 Å². The van der Waals surface area contributed by atoms with Gasteiger partial charge in [0.05, 0.1) is 10.9 Å². The van der Waals surface area contributed by atoms with Crippen LogP contribution in [-0.2, 0) is 10.0 Å². The van der Waals surface area contributed by atoms with Crippen LogP contribution in [0.25, 0.3) is 0 Å². The number of allylic oxidation sites excluding steroid dienone is 2. The van der Waals surface area contributed by atoms with Crippen LogP contribution in [0, 0.1) is 12.8 Å². The van der Waals surface area contributed by atoms with Crippen LogP contribution in [0.15, 0.2) is 59.5 Å². The first-order valence-corrected chi connectivity index (χ1v) is 12.7. The largest absolute Gasteiger partial charge is 0.378 e. The average molecular weight is 423 g/mol. The maximum absolute atomic E-state index is 13.1. The molecule has 1 heterocycles. The van der Waals surface area contributed by atoms with Crippen molar-refractivity contribution in [3.8, 4) is 0 Å². The fraction of sp³-hybridized carbons (Fsp3) is 0.440. The fourth-order valence-electron chi connectivity index (χ4n) is 5.44. The van der Waals surface area contributed by atoms with E-state index in [9.17, 15) is 8.42 Å². The SMILES string of the molecule is Cc1cccc(C2Nc3ccc(S(=O)(=O)NC4CCCCC4)cc3C3C=CCC32)c1. The Kier molecular flexibility index (Phi) is 5.19. The summed E-state index contributed by atoms with van der Waals surface area (Å²) in [5.74, 6) is 0.653. The van der Waals surface area contributed by atoms with E-state index in [1.54, 1.807) is 6.07 Å². The summed E-state index contributed by atoms with van der Waals surface area (Å²) in [6.07, 6.45) is 10.8. The van der Waals surface area contributed by atoms with Crippen LogP contribution in [0.3, 0.4) is 0 Å². The van der Waals surface area contributed by atoms with E-state index in [2.05, 4.69) is 53.4 Å². The Labute approximate surface area is 179 Å². The van der Waals surface area contributed by atoms with Gasteiger partial charge in [-0.2, -0.15) is 0 Å². The molecule has 2 N–H and O–H groups in total. The van der Waals surface area contributed by atoms with Crippen molar-refractivity contribution in [2.75, 3.05) is 5.32 Å². The predicted octanol–water partition coefficient (Wildman–Crippen LogP) is 5.43. The molecule has 3 aliphatic rings. The Balaban J connectivity index is 1.46. The molecule has 1 fully saturated rings. The quantitative estimate of drug-likeness (QED) is 0.646. The van der Waals surface area contributed by atoms with Crippen molar-refractivity contribution >= 4 is 15.7 Å². The molecule has 0 saturated heterocycles. The highest BCUT2D eigenvalue weighted by atomic mass is 32.2. The van der Waals surface area contributed by atoms with Crippen molar-refractivity contribution in [2.24, 2.45) is 5.92 Å². The third-order valence-electron chi connectivity index (χ3n) is 6.97. The number of hydrogen-bond acceptors (Lipinski definition) is 3. The Morgan fingerprint density at radius 3 is 2.67 bits per heavy atom. The average Bonchev–Trinajstić information content (AvgIpc) is 3.23. The number of aryl methyl sites for hydroxylation is 1. The molecule has 2 aliphatic carbocycles. The summed E-state index contributed by atoms with van der Waals surface area (Å²) in [6, 6.07) is 14.6. The molecule has 0 radical (unpaired) electrons. The van der Waals surface area contributed by atoms with Gasteiger partial charge in [-0.05, 0) is 61.4 Å². The van der Waals surface area contributed by atoms with Crippen LogP contribution < -0.4 is 10.0 Å². The molecule has 1 aliphatic heterocycles. The molecule has 158 valence electrons. The normalized spacial score (nSPS) is 26.1. The number of nitrogens with one attached hydrogen (secondary N) is 2. The second-order valence-corrected chi connectivity index (χ2v) is 10.8. The van der Waals surface area contributed by atoms with Gasteiger partial charge in [0, 0.05) is 17.6 Å². The lowest BCUT2D eigenvalue weighted by Gasteiger charge is -2.38. The van der Waals surface area contributed by atoms with Gasteiger partial charge in [-0.25, -0.2) is 13.1 Å². The zero-order chi connectivity index (χ0) is 20.7. The minimum absolute atomic E-state index is 0.0720. The van der Waals surface area contributed by atoms with E-state index in [0.717, 1.165) is 43.4 Å². The molecular weight excluding hydrogens is 392 g/mol. The van der Waals surface area contributed by atoms with Crippen molar-refractivity contribution in [2.45, 2.75) is 68.3 Å². The monoisotopic (exact) mass is 422 g/mol. The van der Waals surface area contributed by atoms with Gasteiger partial charge in [-0.3, -0.25) is 0 Å². The first-order chi connectivity index (χ1) is 14.5. The molecule has 0 aromatic heterocycles. The molecule has 3 atom stereocenters. The van der Waals surface area contributed by atoms with Crippen molar-refractivity contribution in [1.29, 1.82) is 0 Å². The highest BCUT2D eigenvalue weighted by Crippen LogP contribution is 2.50. The Morgan fingerprint density at radius 1 is 1.03 bits per heavy atom. The molecule has 30 heavy (non-hydrogen) atoms. The lowest BCUT2D eigenvalue weighted by molar-refractivity contribution is 0.411. The van der Waals surface area contributed by atoms with Crippen LogP contribution in [0.5, 0.6) is 0 Å². The second-order valence-electron chi connectivity index (χ2n) is 9.09. The molecular formula is C25H30N2O2S. The zero-order valence-corrected chi connectivity index (χ0v) is 18.3. The van der Waals surface area contributed by atoms with Crippen molar-refractivity contribution in [1.82, 2.24) is 4.72 Å². The van der Waals surface area contributed by atoms with Gasteiger partial charge in [0.1, 0.15) is 0 Å². The summed E-state index contributed by atoms with van der Waals surface area (Å²) in [5.41, 5.74) is 4.71. The summed E-state index contributed by atoms with van der Waals surface area (Å²) in [5, 5.41) is 3.72. The molecule has 2 aromatic carbocycles. The first-order valence-electron chi connectivity index (χ1n) is 11.2. The third kappa shape index (κ3) is 3.69. The van der Waals surface area contributed by atoms with Gasteiger partial charge < -0.3 is 5.32 Å². The maximum Gasteiger partial charge on any atom is 0.240 e. The van der Waals surface area contributed by atoms with E-state index in [4.69, 9.17) is 0 Å². The predicted molar refractivity (Wildman–Crippen MR) is 121 cm³/mol. The van der Waals surface area contributed by atoms with Crippen molar-refractivity contribution in [3.63, 3.8) is 0 Å². The minimum Gasteiger partial charge on any atom is -0.378 e. The van der Waals surface area contributed by atoms with Gasteiger partial charge in [-0.15, -0.1) is 0 Å².